The number of hydrogen-bond donors (Lipinski definition) is 4. The molecule has 6 heteroatoms. The molecule has 0 fully saturated rings. The number of nitrogens with two attached hydrogens (primary N) is 1. The number of phenolic OH excluding ortho intramolecular Hbond substituents is 1. The molecule has 0 saturated heterocycles. The molecule has 0 aliphatic heterocycles. The minimum atomic E-state index is -0.913. The van der Waals surface area contributed by atoms with Crippen molar-refractivity contribution in [2.24, 2.45) is 11.7 Å². The molecule has 5 N–H and O–H groups in total. The third kappa shape index (κ3) is 5.83. The Morgan fingerprint density at radius 1 is 1.29 bits per heavy atom. The zero-order valence-corrected chi connectivity index (χ0v) is 12.1. The van der Waals surface area contributed by atoms with Gasteiger partial charge in [-0.05, 0) is 30.5 Å². The molecule has 2 unspecified atom stereocenters. The summed E-state index contributed by atoms with van der Waals surface area (Å²) in [6.07, 6.45) is 1.59. The van der Waals surface area contributed by atoms with Crippen LogP contribution in [0, 0.1) is 5.92 Å². The molecule has 1 aromatic carbocycles. The first kappa shape index (κ1) is 17.0. The maximum Gasteiger partial charge on any atom is 0.308 e. The Bertz CT molecular complexity index is 473. The Labute approximate surface area is 124 Å². The molecule has 0 saturated carbocycles. The predicted molar refractivity (Wildman–Crippen MR) is 78.8 cm³/mol. The maximum absolute atomic E-state index is 11.9. The Morgan fingerprint density at radius 3 is 2.43 bits per heavy atom. The van der Waals surface area contributed by atoms with Crippen molar-refractivity contribution in [2.45, 2.75) is 32.2 Å². The zero-order chi connectivity index (χ0) is 15.8. The number of carbonyl (C=O) groups is 2. The topological polar surface area (TPSA) is 113 Å². The third-order valence-electron chi connectivity index (χ3n) is 3.24. The van der Waals surface area contributed by atoms with Crippen molar-refractivity contribution < 1.29 is 19.8 Å². The molecule has 0 aromatic heterocycles. The van der Waals surface area contributed by atoms with Gasteiger partial charge < -0.3 is 21.3 Å². The van der Waals surface area contributed by atoms with Crippen molar-refractivity contribution in [3.05, 3.63) is 29.8 Å². The van der Waals surface area contributed by atoms with Gasteiger partial charge in [0.25, 0.3) is 0 Å². The van der Waals surface area contributed by atoms with E-state index >= 15 is 0 Å². The lowest BCUT2D eigenvalue weighted by atomic mass is 10.0. The molecule has 0 spiro atoms. The van der Waals surface area contributed by atoms with E-state index in [2.05, 4.69) is 5.32 Å². The van der Waals surface area contributed by atoms with E-state index in [0.717, 1.165) is 12.0 Å². The zero-order valence-electron chi connectivity index (χ0n) is 12.1. The molecule has 116 valence electrons. The Kier molecular flexibility index (Phi) is 6.68. The number of amides is 1. The van der Waals surface area contributed by atoms with Crippen molar-refractivity contribution in [3.8, 4) is 5.75 Å². The van der Waals surface area contributed by atoms with E-state index in [1.807, 2.05) is 6.92 Å². The fourth-order valence-electron chi connectivity index (χ4n) is 1.99. The Hall–Kier alpha value is -2.08. The first-order valence-electron chi connectivity index (χ1n) is 6.98. The van der Waals surface area contributed by atoms with Gasteiger partial charge in [0.05, 0.1) is 12.0 Å². The molecule has 0 bridgehead atoms. The monoisotopic (exact) mass is 294 g/mol. The molecule has 1 amide bonds. The van der Waals surface area contributed by atoms with Crippen molar-refractivity contribution in [1.29, 1.82) is 0 Å². The number of aliphatic carboxylic acids is 1. The van der Waals surface area contributed by atoms with Crippen LogP contribution in [-0.2, 0) is 16.0 Å². The van der Waals surface area contributed by atoms with E-state index in [-0.39, 0.29) is 18.2 Å². The second-order valence-electron chi connectivity index (χ2n) is 5.05. The molecule has 1 rings (SSSR count). The molecule has 0 heterocycles. The smallest absolute Gasteiger partial charge is 0.308 e. The normalized spacial score (nSPS) is 13.4. The molecule has 21 heavy (non-hydrogen) atoms. The van der Waals surface area contributed by atoms with Crippen LogP contribution >= 0.6 is 0 Å². The summed E-state index contributed by atoms with van der Waals surface area (Å²) in [7, 11) is 0. The van der Waals surface area contributed by atoms with Crippen molar-refractivity contribution in [1.82, 2.24) is 5.32 Å². The molecule has 2 atom stereocenters. The number of aromatic hydroxyl groups is 1. The lowest BCUT2D eigenvalue weighted by Gasteiger charge is -2.15. The predicted octanol–water partition coefficient (Wildman–Crippen LogP) is 0.879. The molecule has 1 aromatic rings. The maximum atomic E-state index is 11.9. The summed E-state index contributed by atoms with van der Waals surface area (Å²) in [6.45, 7) is 1.99. The number of nitrogens with one attached hydrogen (secondary N) is 1. The number of carboxylic acid groups (broad SMARTS) is 1. The number of phenols is 1. The van der Waals surface area contributed by atoms with E-state index in [4.69, 9.17) is 10.8 Å². The summed E-state index contributed by atoms with van der Waals surface area (Å²) in [4.78, 5) is 22.9. The van der Waals surface area contributed by atoms with Crippen LogP contribution in [-0.4, -0.2) is 34.7 Å². The van der Waals surface area contributed by atoms with Gasteiger partial charge in [-0.2, -0.15) is 0 Å². The minimum Gasteiger partial charge on any atom is -0.508 e. The van der Waals surface area contributed by atoms with Gasteiger partial charge in [0.1, 0.15) is 5.75 Å². The van der Waals surface area contributed by atoms with Crippen molar-refractivity contribution in [3.63, 3.8) is 0 Å². The fourth-order valence-corrected chi connectivity index (χ4v) is 1.99. The summed E-state index contributed by atoms with van der Waals surface area (Å²) >= 11 is 0. The molecule has 0 aliphatic carbocycles. The number of rotatable bonds is 8. The fraction of sp³-hybridized carbons (Fsp3) is 0.467. The van der Waals surface area contributed by atoms with E-state index in [1.54, 1.807) is 12.1 Å². The van der Waals surface area contributed by atoms with E-state index in [1.165, 1.54) is 12.1 Å². The van der Waals surface area contributed by atoms with Crippen LogP contribution in [0.4, 0.5) is 0 Å². The average molecular weight is 294 g/mol. The largest absolute Gasteiger partial charge is 0.508 e. The SMILES string of the molecule is CCCC(CNC(=O)C(N)Cc1ccc(O)cc1)C(=O)O. The van der Waals surface area contributed by atoms with Gasteiger partial charge in [0, 0.05) is 6.54 Å². The van der Waals surface area contributed by atoms with E-state index < -0.39 is 17.9 Å². The number of hydrogen-bond acceptors (Lipinski definition) is 4. The molecular formula is C15H22N2O4. The Morgan fingerprint density at radius 2 is 1.90 bits per heavy atom. The van der Waals surface area contributed by atoms with Crippen LogP contribution in [0.1, 0.15) is 25.3 Å². The summed E-state index contributed by atoms with van der Waals surface area (Å²) in [5.74, 6) is -1.71. The van der Waals surface area contributed by atoms with Crippen molar-refractivity contribution in [2.75, 3.05) is 6.54 Å². The van der Waals surface area contributed by atoms with E-state index in [9.17, 15) is 14.7 Å². The first-order valence-corrected chi connectivity index (χ1v) is 6.98. The summed E-state index contributed by atoms with van der Waals surface area (Å²) in [5.41, 5.74) is 6.63. The van der Waals surface area contributed by atoms with Gasteiger partial charge in [-0.1, -0.05) is 25.5 Å². The molecule has 6 nitrogen and oxygen atoms in total. The average Bonchev–Trinajstić information content (AvgIpc) is 2.45. The van der Waals surface area contributed by atoms with Crippen LogP contribution in [0.5, 0.6) is 5.75 Å². The van der Waals surface area contributed by atoms with Crippen LogP contribution in [0.2, 0.25) is 0 Å². The first-order chi connectivity index (χ1) is 9.93. The van der Waals surface area contributed by atoms with Crippen LogP contribution in [0.15, 0.2) is 24.3 Å². The summed E-state index contributed by atoms with van der Waals surface area (Å²) in [5, 5.41) is 20.8. The summed E-state index contributed by atoms with van der Waals surface area (Å²) < 4.78 is 0. The number of carbonyl (C=O) groups excluding carboxylic acids is 1. The van der Waals surface area contributed by atoms with Gasteiger partial charge >= 0.3 is 5.97 Å². The standard InChI is InChI=1S/C15H22N2O4/c1-2-3-11(15(20)21)9-17-14(19)13(16)8-10-4-6-12(18)7-5-10/h4-7,11,13,18H,2-3,8-9,16H2,1H3,(H,17,19)(H,20,21). The minimum absolute atomic E-state index is 0.0886. The Balaban J connectivity index is 2.47. The van der Waals surface area contributed by atoms with Gasteiger partial charge in [0.15, 0.2) is 0 Å². The highest BCUT2D eigenvalue weighted by molar-refractivity contribution is 5.82. The van der Waals surface area contributed by atoms with Crippen LogP contribution in [0.3, 0.4) is 0 Å². The van der Waals surface area contributed by atoms with Gasteiger partial charge in [0.2, 0.25) is 5.91 Å². The molecule has 0 radical (unpaired) electrons. The summed E-state index contributed by atoms with van der Waals surface area (Å²) in [6, 6.07) is 5.70. The quantitative estimate of drug-likeness (QED) is 0.568. The lowest BCUT2D eigenvalue weighted by molar-refractivity contribution is -0.142. The number of benzene rings is 1. The van der Waals surface area contributed by atoms with Gasteiger partial charge in [-0.25, -0.2) is 0 Å². The van der Waals surface area contributed by atoms with Crippen LogP contribution < -0.4 is 11.1 Å². The van der Waals surface area contributed by atoms with Crippen molar-refractivity contribution >= 4 is 11.9 Å². The van der Waals surface area contributed by atoms with E-state index in [0.29, 0.717) is 12.8 Å². The second-order valence-corrected chi connectivity index (χ2v) is 5.05. The highest BCUT2D eigenvalue weighted by atomic mass is 16.4. The highest BCUT2D eigenvalue weighted by Crippen LogP contribution is 2.11. The molecular weight excluding hydrogens is 272 g/mol. The van der Waals surface area contributed by atoms with Gasteiger partial charge in [-0.15, -0.1) is 0 Å². The second kappa shape index (κ2) is 8.26. The number of carboxylic acids is 1. The lowest BCUT2D eigenvalue weighted by Crippen LogP contribution is -2.44. The third-order valence-corrected chi connectivity index (χ3v) is 3.24. The van der Waals surface area contributed by atoms with Gasteiger partial charge in [-0.3, -0.25) is 9.59 Å². The highest BCUT2D eigenvalue weighted by Gasteiger charge is 2.19. The van der Waals surface area contributed by atoms with Crippen LogP contribution in [0.25, 0.3) is 0 Å². The molecule has 0 aliphatic rings.